The monoisotopic (exact) mass is 256 g/mol. The average molecular weight is 256 g/mol. The molecule has 0 aromatic rings. The highest BCUT2D eigenvalue weighted by Gasteiger charge is 2.36. The fraction of sp³-hybridized carbons (Fsp3) is 0.929. The Morgan fingerprint density at radius 3 is 2.50 bits per heavy atom. The third-order valence-electron chi connectivity index (χ3n) is 4.30. The van der Waals surface area contributed by atoms with Gasteiger partial charge in [-0.3, -0.25) is 4.79 Å². The molecule has 1 fully saturated rings. The van der Waals surface area contributed by atoms with E-state index < -0.39 is 0 Å². The van der Waals surface area contributed by atoms with Crippen LogP contribution in [0.5, 0.6) is 0 Å². The second-order valence-electron chi connectivity index (χ2n) is 5.37. The van der Waals surface area contributed by atoms with Crippen molar-refractivity contribution < 1.29 is 9.53 Å². The second-order valence-corrected chi connectivity index (χ2v) is 5.37. The average Bonchev–Trinajstić information content (AvgIpc) is 2.42. The van der Waals surface area contributed by atoms with Crippen LogP contribution in [0, 0.1) is 5.41 Å². The van der Waals surface area contributed by atoms with Crippen LogP contribution in [0.2, 0.25) is 0 Å². The molecule has 1 rings (SSSR count). The predicted molar refractivity (Wildman–Crippen MR) is 73.3 cm³/mol. The molecule has 1 saturated heterocycles. The Hall–Kier alpha value is -0.610. The van der Waals surface area contributed by atoms with Gasteiger partial charge >= 0.3 is 0 Å². The van der Waals surface area contributed by atoms with Crippen molar-refractivity contribution in [2.24, 2.45) is 11.1 Å². The van der Waals surface area contributed by atoms with Crippen molar-refractivity contribution in [3.63, 3.8) is 0 Å². The molecule has 1 atom stereocenters. The number of hydrogen-bond donors (Lipinski definition) is 1. The molecule has 18 heavy (non-hydrogen) atoms. The molecule has 1 aliphatic rings. The van der Waals surface area contributed by atoms with Gasteiger partial charge in [-0.25, -0.2) is 0 Å². The van der Waals surface area contributed by atoms with E-state index in [1.54, 1.807) is 0 Å². The summed E-state index contributed by atoms with van der Waals surface area (Å²) in [6.07, 6.45) is 5.22. The maximum Gasteiger partial charge on any atom is 0.229 e. The third kappa shape index (κ3) is 3.45. The summed E-state index contributed by atoms with van der Waals surface area (Å²) in [5.41, 5.74) is 5.44. The maximum absolute atomic E-state index is 12.5. The Morgan fingerprint density at radius 2 is 2.06 bits per heavy atom. The Labute approximate surface area is 111 Å². The maximum atomic E-state index is 12.5. The van der Waals surface area contributed by atoms with E-state index >= 15 is 0 Å². The van der Waals surface area contributed by atoms with Crippen molar-refractivity contribution in [3.05, 3.63) is 0 Å². The number of carbonyl (C=O) groups excluding carboxylic acids is 1. The quantitative estimate of drug-likeness (QED) is 0.788. The highest BCUT2D eigenvalue weighted by atomic mass is 16.5. The van der Waals surface area contributed by atoms with Crippen molar-refractivity contribution in [1.82, 2.24) is 4.90 Å². The third-order valence-corrected chi connectivity index (χ3v) is 4.30. The first-order valence-electron chi connectivity index (χ1n) is 7.17. The fourth-order valence-electron chi connectivity index (χ4n) is 2.67. The predicted octanol–water partition coefficient (Wildman–Crippen LogP) is 1.78. The van der Waals surface area contributed by atoms with Crippen LogP contribution in [0.3, 0.4) is 0 Å². The van der Waals surface area contributed by atoms with E-state index in [1.807, 2.05) is 25.8 Å². The number of amides is 1. The minimum absolute atomic E-state index is 0.171. The van der Waals surface area contributed by atoms with Crippen molar-refractivity contribution in [3.8, 4) is 0 Å². The van der Waals surface area contributed by atoms with E-state index in [2.05, 4.69) is 0 Å². The van der Waals surface area contributed by atoms with Crippen LogP contribution in [0.25, 0.3) is 0 Å². The molecule has 0 radical (unpaired) electrons. The molecule has 1 amide bonds. The van der Waals surface area contributed by atoms with Gasteiger partial charge in [0.05, 0.1) is 11.5 Å². The van der Waals surface area contributed by atoms with Crippen LogP contribution in [0.1, 0.15) is 46.0 Å². The number of hydrogen-bond acceptors (Lipinski definition) is 3. The lowest BCUT2D eigenvalue weighted by Crippen LogP contribution is -2.48. The van der Waals surface area contributed by atoms with Gasteiger partial charge in [0.15, 0.2) is 0 Å². The Morgan fingerprint density at radius 1 is 1.39 bits per heavy atom. The van der Waals surface area contributed by atoms with Gasteiger partial charge < -0.3 is 15.4 Å². The molecule has 0 aromatic carbocycles. The molecule has 1 aliphatic heterocycles. The second kappa shape index (κ2) is 7.10. The summed E-state index contributed by atoms with van der Waals surface area (Å²) in [7, 11) is 1.87. The highest BCUT2D eigenvalue weighted by Crippen LogP contribution is 2.27. The molecule has 0 bridgehead atoms. The SMILES string of the molecule is CCC(CC)(CN)C(=O)N(C)CC1CCCCO1. The van der Waals surface area contributed by atoms with Gasteiger partial charge in [0.2, 0.25) is 5.91 Å². The van der Waals surface area contributed by atoms with Crippen LogP contribution in [-0.2, 0) is 9.53 Å². The molecule has 1 unspecified atom stereocenters. The topological polar surface area (TPSA) is 55.6 Å². The summed E-state index contributed by atoms with van der Waals surface area (Å²) in [6, 6.07) is 0. The zero-order valence-corrected chi connectivity index (χ0v) is 12.1. The Balaban J connectivity index is 2.58. The lowest BCUT2D eigenvalue weighted by atomic mass is 9.81. The van der Waals surface area contributed by atoms with Gasteiger partial charge in [-0.2, -0.15) is 0 Å². The van der Waals surface area contributed by atoms with E-state index in [9.17, 15) is 4.79 Å². The smallest absolute Gasteiger partial charge is 0.229 e. The lowest BCUT2D eigenvalue weighted by molar-refractivity contribution is -0.143. The first kappa shape index (κ1) is 15.4. The van der Waals surface area contributed by atoms with E-state index in [0.29, 0.717) is 13.1 Å². The van der Waals surface area contributed by atoms with Crippen molar-refractivity contribution in [2.75, 3.05) is 26.7 Å². The van der Waals surface area contributed by atoms with Crippen molar-refractivity contribution >= 4 is 5.91 Å². The minimum Gasteiger partial charge on any atom is -0.376 e. The first-order chi connectivity index (χ1) is 8.59. The lowest BCUT2D eigenvalue weighted by Gasteiger charge is -2.35. The van der Waals surface area contributed by atoms with E-state index in [1.165, 1.54) is 6.42 Å². The van der Waals surface area contributed by atoms with Crippen LogP contribution < -0.4 is 5.73 Å². The molecule has 106 valence electrons. The molecule has 4 nitrogen and oxygen atoms in total. The molecule has 2 N–H and O–H groups in total. The first-order valence-corrected chi connectivity index (χ1v) is 7.17. The van der Waals surface area contributed by atoms with Gasteiger partial charge in [-0.15, -0.1) is 0 Å². The summed E-state index contributed by atoms with van der Waals surface area (Å²) >= 11 is 0. The number of nitrogens with two attached hydrogens (primary N) is 1. The van der Waals surface area contributed by atoms with Crippen molar-refractivity contribution in [2.45, 2.75) is 52.1 Å². The zero-order chi connectivity index (χ0) is 13.6. The fourth-order valence-corrected chi connectivity index (χ4v) is 2.67. The zero-order valence-electron chi connectivity index (χ0n) is 12.1. The molecule has 1 heterocycles. The summed E-state index contributed by atoms with van der Waals surface area (Å²) in [6.45, 7) is 6.03. The van der Waals surface area contributed by atoms with Gasteiger partial charge in [0.1, 0.15) is 0 Å². The Bertz CT molecular complexity index is 250. The number of rotatable bonds is 6. The molecule has 0 aliphatic carbocycles. The molecule has 0 aromatic heterocycles. The number of nitrogens with zero attached hydrogens (tertiary/aromatic N) is 1. The van der Waals surface area contributed by atoms with Gasteiger partial charge in [-0.05, 0) is 32.1 Å². The number of likely N-dealkylation sites (N-methyl/N-ethyl adjacent to an activating group) is 1. The summed E-state index contributed by atoms with van der Waals surface area (Å²) in [4.78, 5) is 14.3. The van der Waals surface area contributed by atoms with Gasteiger partial charge in [0, 0.05) is 26.7 Å². The van der Waals surface area contributed by atoms with Gasteiger partial charge in [0.25, 0.3) is 0 Å². The Kier molecular flexibility index (Phi) is 6.09. The molecule has 0 spiro atoms. The standard InChI is InChI=1S/C14H28N2O2/c1-4-14(5-2,11-15)13(17)16(3)10-12-8-6-7-9-18-12/h12H,4-11,15H2,1-3H3. The van der Waals surface area contributed by atoms with Gasteiger partial charge in [-0.1, -0.05) is 13.8 Å². The molecular weight excluding hydrogens is 228 g/mol. The van der Waals surface area contributed by atoms with Crippen LogP contribution in [-0.4, -0.2) is 43.7 Å². The van der Waals surface area contributed by atoms with Crippen LogP contribution in [0.4, 0.5) is 0 Å². The van der Waals surface area contributed by atoms with E-state index in [-0.39, 0.29) is 17.4 Å². The number of carbonyl (C=O) groups is 1. The summed E-state index contributed by atoms with van der Waals surface area (Å²) in [5, 5.41) is 0. The minimum atomic E-state index is -0.385. The van der Waals surface area contributed by atoms with E-state index in [0.717, 1.165) is 32.3 Å². The largest absolute Gasteiger partial charge is 0.376 e. The number of ether oxygens (including phenoxy) is 1. The highest BCUT2D eigenvalue weighted by molar-refractivity contribution is 5.82. The summed E-state index contributed by atoms with van der Waals surface area (Å²) in [5.74, 6) is 0.171. The van der Waals surface area contributed by atoms with E-state index in [4.69, 9.17) is 10.5 Å². The molecule has 4 heteroatoms. The normalized spacial score (nSPS) is 20.8. The van der Waals surface area contributed by atoms with Crippen LogP contribution in [0.15, 0.2) is 0 Å². The molecule has 0 saturated carbocycles. The summed E-state index contributed by atoms with van der Waals surface area (Å²) < 4.78 is 5.69. The molecular formula is C14H28N2O2. The van der Waals surface area contributed by atoms with Crippen LogP contribution >= 0.6 is 0 Å². The van der Waals surface area contributed by atoms with Crippen molar-refractivity contribution in [1.29, 1.82) is 0 Å².